The first-order chi connectivity index (χ1) is 8.39. The van der Waals surface area contributed by atoms with Crippen LogP contribution < -0.4 is 20.7 Å². The fraction of sp³-hybridized carbons (Fsp3) is 0.700. The molecule has 0 saturated heterocycles. The van der Waals surface area contributed by atoms with E-state index in [9.17, 15) is 0 Å². The second-order valence-electron chi connectivity index (χ2n) is 4.57. The number of nitrogens with two attached hydrogens (primary N) is 1. The van der Waals surface area contributed by atoms with E-state index in [1.165, 1.54) is 7.11 Å². The van der Waals surface area contributed by atoms with Gasteiger partial charge in [0.1, 0.15) is 6.61 Å². The van der Waals surface area contributed by atoms with Crippen molar-refractivity contribution >= 4 is 5.95 Å². The van der Waals surface area contributed by atoms with Crippen molar-refractivity contribution in [1.82, 2.24) is 19.9 Å². The molecule has 1 aromatic heterocycles. The van der Waals surface area contributed by atoms with Crippen molar-refractivity contribution in [2.75, 3.05) is 33.2 Å². The SMILES string of the molecule is COc1nc(NN)nc(OCC(C)(C)N(C)C)n1. The number of anilines is 1. The standard InChI is InChI=1S/C10H20N6O2/c1-10(2,16(3)4)6-18-9-13-7(15-11)12-8(14-9)17-5/h6,11H2,1-5H3,(H,12,13,14,15). The summed E-state index contributed by atoms with van der Waals surface area (Å²) >= 11 is 0. The van der Waals surface area contributed by atoms with Crippen LogP contribution in [0.3, 0.4) is 0 Å². The van der Waals surface area contributed by atoms with Crippen molar-refractivity contribution in [2.24, 2.45) is 5.84 Å². The van der Waals surface area contributed by atoms with Crippen LogP contribution in [-0.2, 0) is 0 Å². The molecule has 0 fully saturated rings. The Morgan fingerprint density at radius 1 is 1.22 bits per heavy atom. The number of nitrogen functional groups attached to an aromatic ring is 1. The molecule has 8 heteroatoms. The summed E-state index contributed by atoms with van der Waals surface area (Å²) in [6, 6.07) is 0.320. The minimum atomic E-state index is -0.143. The third kappa shape index (κ3) is 3.67. The highest BCUT2D eigenvalue weighted by molar-refractivity contribution is 5.25. The lowest BCUT2D eigenvalue weighted by molar-refractivity contribution is 0.107. The highest BCUT2D eigenvalue weighted by Gasteiger charge is 2.22. The molecule has 0 aromatic carbocycles. The number of likely N-dealkylation sites (N-methyl/N-ethyl adjacent to an activating group) is 1. The van der Waals surface area contributed by atoms with Crippen LogP contribution >= 0.6 is 0 Å². The summed E-state index contributed by atoms with van der Waals surface area (Å²) in [6.45, 7) is 4.53. The number of hydrogen-bond acceptors (Lipinski definition) is 8. The van der Waals surface area contributed by atoms with Crippen LogP contribution in [0.1, 0.15) is 13.8 Å². The second kappa shape index (κ2) is 5.78. The summed E-state index contributed by atoms with van der Waals surface area (Å²) in [4.78, 5) is 13.9. The average molecular weight is 256 g/mol. The maximum atomic E-state index is 5.54. The number of hydrazine groups is 1. The number of nitrogens with zero attached hydrogens (tertiary/aromatic N) is 4. The first-order valence-electron chi connectivity index (χ1n) is 5.46. The number of methoxy groups -OCH3 is 1. The average Bonchev–Trinajstić information content (AvgIpc) is 2.35. The molecular formula is C10H20N6O2. The van der Waals surface area contributed by atoms with Crippen LogP contribution in [0.5, 0.6) is 12.0 Å². The lowest BCUT2D eigenvalue weighted by atomic mass is 10.1. The summed E-state index contributed by atoms with van der Waals surface area (Å²) in [5, 5.41) is 0. The van der Waals surface area contributed by atoms with Gasteiger partial charge in [-0.25, -0.2) is 5.84 Å². The van der Waals surface area contributed by atoms with Gasteiger partial charge in [0.05, 0.1) is 7.11 Å². The van der Waals surface area contributed by atoms with Crippen molar-refractivity contribution in [3.8, 4) is 12.0 Å². The van der Waals surface area contributed by atoms with Gasteiger partial charge in [-0.15, -0.1) is 4.98 Å². The molecule has 1 aromatic rings. The van der Waals surface area contributed by atoms with Gasteiger partial charge in [0.15, 0.2) is 0 Å². The summed E-state index contributed by atoms with van der Waals surface area (Å²) < 4.78 is 10.5. The van der Waals surface area contributed by atoms with Crippen LogP contribution in [0.4, 0.5) is 5.95 Å². The number of ether oxygens (including phenoxy) is 2. The second-order valence-corrected chi connectivity index (χ2v) is 4.57. The van der Waals surface area contributed by atoms with E-state index >= 15 is 0 Å². The lowest BCUT2D eigenvalue weighted by Crippen LogP contribution is -2.43. The Balaban J connectivity index is 2.78. The smallest absolute Gasteiger partial charge is 0.324 e. The highest BCUT2D eigenvalue weighted by Crippen LogP contribution is 2.15. The molecule has 0 saturated carbocycles. The van der Waals surface area contributed by atoms with Crippen molar-refractivity contribution in [1.29, 1.82) is 0 Å². The maximum absolute atomic E-state index is 5.54. The van der Waals surface area contributed by atoms with E-state index in [1.54, 1.807) is 0 Å². The molecule has 0 spiro atoms. The molecule has 102 valence electrons. The number of aromatic nitrogens is 3. The van der Waals surface area contributed by atoms with Gasteiger partial charge in [-0.05, 0) is 27.9 Å². The minimum absolute atomic E-state index is 0.143. The molecule has 0 amide bonds. The topological polar surface area (TPSA) is 98.4 Å². The molecule has 3 N–H and O–H groups in total. The predicted molar refractivity (Wildman–Crippen MR) is 67.5 cm³/mol. The molecule has 0 aliphatic heterocycles. The summed E-state index contributed by atoms with van der Waals surface area (Å²) in [6.07, 6.45) is 0. The molecule has 0 atom stereocenters. The Bertz CT molecular complexity index is 374. The normalized spacial score (nSPS) is 11.5. The van der Waals surface area contributed by atoms with E-state index in [0.717, 1.165) is 0 Å². The largest absolute Gasteiger partial charge is 0.467 e. The lowest BCUT2D eigenvalue weighted by Gasteiger charge is -2.31. The van der Waals surface area contributed by atoms with Gasteiger partial charge in [-0.1, -0.05) is 0 Å². The van der Waals surface area contributed by atoms with Gasteiger partial charge in [0, 0.05) is 5.54 Å². The molecule has 0 radical (unpaired) electrons. The zero-order valence-electron chi connectivity index (χ0n) is 11.4. The van der Waals surface area contributed by atoms with Crippen LogP contribution in [0.15, 0.2) is 0 Å². The number of nitrogens with one attached hydrogen (secondary N) is 1. The number of hydrogen-bond donors (Lipinski definition) is 2. The van der Waals surface area contributed by atoms with Crippen LogP contribution in [0.2, 0.25) is 0 Å². The number of rotatable bonds is 6. The molecule has 1 rings (SSSR count). The van der Waals surface area contributed by atoms with Gasteiger partial charge in [-0.2, -0.15) is 9.97 Å². The first kappa shape index (κ1) is 14.4. The Kier molecular flexibility index (Phi) is 4.62. The van der Waals surface area contributed by atoms with E-state index in [-0.39, 0.29) is 23.5 Å². The van der Waals surface area contributed by atoms with Crippen molar-refractivity contribution in [3.05, 3.63) is 0 Å². The fourth-order valence-electron chi connectivity index (χ4n) is 0.929. The van der Waals surface area contributed by atoms with Gasteiger partial charge in [-0.3, -0.25) is 5.43 Å². The van der Waals surface area contributed by atoms with E-state index in [4.69, 9.17) is 15.3 Å². The zero-order valence-corrected chi connectivity index (χ0v) is 11.4. The Labute approximate surface area is 106 Å². The molecular weight excluding hydrogens is 236 g/mol. The zero-order chi connectivity index (χ0) is 13.8. The van der Waals surface area contributed by atoms with E-state index in [0.29, 0.717) is 6.61 Å². The quantitative estimate of drug-likeness (QED) is 0.537. The third-order valence-electron chi connectivity index (χ3n) is 2.67. The van der Waals surface area contributed by atoms with Crippen molar-refractivity contribution < 1.29 is 9.47 Å². The Morgan fingerprint density at radius 2 is 1.83 bits per heavy atom. The van der Waals surface area contributed by atoms with Crippen LogP contribution in [0.25, 0.3) is 0 Å². The summed E-state index contributed by atoms with van der Waals surface area (Å²) in [7, 11) is 5.41. The molecule has 0 unspecified atom stereocenters. The first-order valence-corrected chi connectivity index (χ1v) is 5.46. The van der Waals surface area contributed by atoms with Crippen LogP contribution in [0, 0.1) is 0 Å². The molecule has 1 heterocycles. The van der Waals surface area contributed by atoms with Gasteiger partial charge >= 0.3 is 12.0 Å². The fourth-order valence-corrected chi connectivity index (χ4v) is 0.929. The molecule has 0 bridgehead atoms. The summed E-state index contributed by atoms with van der Waals surface area (Å²) in [5.41, 5.74) is 2.19. The monoisotopic (exact) mass is 256 g/mol. The predicted octanol–water partition coefficient (Wildman–Crippen LogP) is -0.115. The molecule has 18 heavy (non-hydrogen) atoms. The Morgan fingerprint density at radius 3 is 2.33 bits per heavy atom. The van der Waals surface area contributed by atoms with Crippen molar-refractivity contribution in [2.45, 2.75) is 19.4 Å². The van der Waals surface area contributed by atoms with E-state index in [1.807, 2.05) is 32.8 Å². The maximum Gasteiger partial charge on any atom is 0.324 e. The third-order valence-corrected chi connectivity index (χ3v) is 2.67. The molecule has 8 nitrogen and oxygen atoms in total. The molecule has 0 aliphatic carbocycles. The highest BCUT2D eigenvalue weighted by atomic mass is 16.5. The van der Waals surface area contributed by atoms with E-state index < -0.39 is 0 Å². The van der Waals surface area contributed by atoms with Crippen molar-refractivity contribution in [3.63, 3.8) is 0 Å². The minimum Gasteiger partial charge on any atom is -0.467 e. The Hall–Kier alpha value is -1.67. The van der Waals surface area contributed by atoms with E-state index in [2.05, 4.69) is 20.4 Å². The summed E-state index contributed by atoms with van der Waals surface area (Å²) in [5.74, 6) is 5.44. The molecule has 0 aliphatic rings. The van der Waals surface area contributed by atoms with Gasteiger partial charge in [0.25, 0.3) is 0 Å². The van der Waals surface area contributed by atoms with Crippen LogP contribution in [-0.4, -0.2) is 53.2 Å². The van der Waals surface area contributed by atoms with Gasteiger partial charge < -0.3 is 14.4 Å². The van der Waals surface area contributed by atoms with Gasteiger partial charge in [0.2, 0.25) is 5.95 Å².